The highest BCUT2D eigenvalue weighted by Gasteiger charge is 2.32. The molecular formula is C18H20F3N3O2. The van der Waals surface area contributed by atoms with Crippen LogP contribution in [0.5, 0.6) is 0 Å². The second kappa shape index (κ2) is 7.09. The molecule has 1 aliphatic heterocycles. The Morgan fingerprint density at radius 3 is 2.50 bits per heavy atom. The van der Waals surface area contributed by atoms with Crippen molar-refractivity contribution < 1.29 is 22.4 Å². The molecule has 1 aromatic heterocycles. The molecule has 5 nitrogen and oxygen atoms in total. The number of rotatable bonds is 3. The lowest BCUT2D eigenvalue weighted by molar-refractivity contribution is -0.137. The summed E-state index contributed by atoms with van der Waals surface area (Å²) in [5.74, 6) is 0.990. The van der Waals surface area contributed by atoms with E-state index in [9.17, 15) is 18.0 Å². The van der Waals surface area contributed by atoms with Crippen LogP contribution < -0.4 is 0 Å². The molecule has 0 aliphatic carbocycles. The summed E-state index contributed by atoms with van der Waals surface area (Å²) in [6.45, 7) is 4.82. The predicted octanol–water partition coefficient (Wildman–Crippen LogP) is 4.23. The van der Waals surface area contributed by atoms with Crippen LogP contribution in [0, 0.1) is 0 Å². The number of carbonyl (C=O) groups excluding carboxylic acids is 1. The van der Waals surface area contributed by atoms with Gasteiger partial charge in [-0.3, -0.25) is 4.79 Å². The first-order valence-electron chi connectivity index (χ1n) is 8.55. The molecule has 8 heteroatoms. The predicted molar refractivity (Wildman–Crippen MR) is 87.7 cm³/mol. The van der Waals surface area contributed by atoms with Crippen molar-refractivity contribution in [1.29, 1.82) is 0 Å². The molecule has 0 saturated carbocycles. The van der Waals surface area contributed by atoms with Crippen LogP contribution in [0.2, 0.25) is 0 Å². The highest BCUT2D eigenvalue weighted by atomic mass is 19.4. The summed E-state index contributed by atoms with van der Waals surface area (Å²) >= 11 is 0. The molecule has 2 heterocycles. The number of hydrogen-bond acceptors (Lipinski definition) is 4. The van der Waals surface area contributed by atoms with Gasteiger partial charge in [-0.25, -0.2) is 0 Å². The molecule has 0 unspecified atom stereocenters. The second-order valence-corrected chi connectivity index (χ2v) is 6.78. The molecule has 1 amide bonds. The first-order chi connectivity index (χ1) is 12.3. The van der Waals surface area contributed by atoms with E-state index in [0.29, 0.717) is 37.7 Å². The number of carbonyl (C=O) groups is 1. The Morgan fingerprint density at radius 2 is 1.92 bits per heavy atom. The van der Waals surface area contributed by atoms with E-state index in [-0.39, 0.29) is 23.3 Å². The number of nitrogens with zero attached hydrogens (tertiary/aromatic N) is 3. The average Bonchev–Trinajstić information content (AvgIpc) is 3.11. The molecule has 0 atom stereocenters. The van der Waals surface area contributed by atoms with E-state index < -0.39 is 11.7 Å². The van der Waals surface area contributed by atoms with Crippen LogP contribution in [0.4, 0.5) is 13.2 Å². The van der Waals surface area contributed by atoms with E-state index in [1.165, 1.54) is 12.1 Å². The fraction of sp³-hybridized carbons (Fsp3) is 0.500. The molecule has 0 N–H and O–H groups in total. The summed E-state index contributed by atoms with van der Waals surface area (Å²) < 4.78 is 44.1. The lowest BCUT2D eigenvalue weighted by atomic mass is 9.96. The Labute approximate surface area is 149 Å². The third kappa shape index (κ3) is 3.89. The summed E-state index contributed by atoms with van der Waals surface area (Å²) in [6, 6.07) is 4.54. The van der Waals surface area contributed by atoms with Crippen LogP contribution in [0.3, 0.4) is 0 Å². The van der Waals surface area contributed by atoms with Crippen molar-refractivity contribution in [2.45, 2.75) is 44.7 Å². The largest absolute Gasteiger partial charge is 0.425 e. The van der Waals surface area contributed by atoms with Gasteiger partial charge in [-0.15, -0.1) is 10.2 Å². The molecule has 0 radical (unpaired) electrons. The Hall–Kier alpha value is -2.38. The highest BCUT2D eigenvalue weighted by Crippen LogP contribution is 2.31. The molecule has 26 heavy (non-hydrogen) atoms. The van der Waals surface area contributed by atoms with Crippen molar-refractivity contribution in [1.82, 2.24) is 15.1 Å². The quantitative estimate of drug-likeness (QED) is 0.815. The Bertz CT molecular complexity index is 778. The summed E-state index contributed by atoms with van der Waals surface area (Å²) in [4.78, 5) is 14.1. The van der Waals surface area contributed by atoms with Crippen LogP contribution in [-0.4, -0.2) is 34.1 Å². The number of halogens is 3. The van der Waals surface area contributed by atoms with Crippen LogP contribution >= 0.6 is 0 Å². The molecule has 2 aromatic rings. The Kier molecular flexibility index (Phi) is 5.02. The fourth-order valence-electron chi connectivity index (χ4n) is 2.99. The number of amides is 1. The monoisotopic (exact) mass is 367 g/mol. The molecule has 1 fully saturated rings. The topological polar surface area (TPSA) is 59.2 Å². The molecule has 1 aliphatic rings. The van der Waals surface area contributed by atoms with Crippen molar-refractivity contribution in [3.63, 3.8) is 0 Å². The summed E-state index contributed by atoms with van der Waals surface area (Å²) in [5, 5.41) is 8.10. The molecular weight excluding hydrogens is 347 g/mol. The number of aromatic nitrogens is 2. The number of likely N-dealkylation sites (tertiary alicyclic amines) is 1. The van der Waals surface area contributed by atoms with Crippen LogP contribution in [0.25, 0.3) is 0 Å². The van der Waals surface area contributed by atoms with E-state index in [2.05, 4.69) is 10.2 Å². The molecule has 140 valence electrons. The van der Waals surface area contributed by atoms with Gasteiger partial charge in [0.25, 0.3) is 5.91 Å². The minimum Gasteiger partial charge on any atom is -0.425 e. The first kappa shape index (κ1) is 18.4. The van der Waals surface area contributed by atoms with Gasteiger partial charge in [-0.1, -0.05) is 19.9 Å². The Morgan fingerprint density at radius 1 is 1.23 bits per heavy atom. The van der Waals surface area contributed by atoms with Gasteiger partial charge < -0.3 is 9.32 Å². The lowest BCUT2D eigenvalue weighted by Gasteiger charge is -2.30. The zero-order valence-electron chi connectivity index (χ0n) is 14.6. The molecule has 3 rings (SSSR count). The zero-order chi connectivity index (χ0) is 18.9. The van der Waals surface area contributed by atoms with Gasteiger partial charge in [0.1, 0.15) is 0 Å². The van der Waals surface area contributed by atoms with Gasteiger partial charge in [0.05, 0.1) is 5.56 Å². The molecule has 1 aromatic carbocycles. The third-order valence-corrected chi connectivity index (χ3v) is 4.52. The maximum atomic E-state index is 12.8. The number of benzene rings is 1. The minimum atomic E-state index is -4.46. The molecule has 0 spiro atoms. The van der Waals surface area contributed by atoms with Crippen molar-refractivity contribution >= 4 is 5.91 Å². The zero-order valence-corrected chi connectivity index (χ0v) is 14.6. The SMILES string of the molecule is CC(C)c1nnc(C2CCN(C(=O)c3cccc(C(F)(F)F)c3)CC2)o1. The van der Waals surface area contributed by atoms with Crippen molar-refractivity contribution in [2.24, 2.45) is 0 Å². The lowest BCUT2D eigenvalue weighted by Crippen LogP contribution is -2.38. The van der Waals surface area contributed by atoms with E-state index in [1.54, 1.807) is 4.90 Å². The maximum absolute atomic E-state index is 12.8. The summed E-state index contributed by atoms with van der Waals surface area (Å²) in [5.41, 5.74) is -0.761. The first-order valence-corrected chi connectivity index (χ1v) is 8.55. The minimum absolute atomic E-state index is 0.0539. The fourth-order valence-corrected chi connectivity index (χ4v) is 2.99. The van der Waals surface area contributed by atoms with Gasteiger partial charge in [0.2, 0.25) is 11.8 Å². The van der Waals surface area contributed by atoms with E-state index in [1.807, 2.05) is 13.8 Å². The Balaban J connectivity index is 1.65. The molecule has 1 saturated heterocycles. The van der Waals surface area contributed by atoms with Crippen molar-refractivity contribution in [2.75, 3.05) is 13.1 Å². The maximum Gasteiger partial charge on any atom is 0.416 e. The number of piperidine rings is 1. The van der Waals surface area contributed by atoms with Gasteiger partial charge in [0, 0.05) is 30.5 Å². The van der Waals surface area contributed by atoms with E-state index in [4.69, 9.17) is 4.42 Å². The average molecular weight is 367 g/mol. The third-order valence-electron chi connectivity index (χ3n) is 4.52. The molecule has 0 bridgehead atoms. The van der Waals surface area contributed by atoms with Crippen LogP contribution in [0.1, 0.15) is 66.2 Å². The smallest absolute Gasteiger partial charge is 0.416 e. The summed E-state index contributed by atoms with van der Waals surface area (Å²) in [7, 11) is 0. The van der Waals surface area contributed by atoms with E-state index >= 15 is 0 Å². The van der Waals surface area contributed by atoms with Crippen LogP contribution in [-0.2, 0) is 6.18 Å². The van der Waals surface area contributed by atoms with Crippen molar-refractivity contribution in [3.8, 4) is 0 Å². The number of alkyl halides is 3. The van der Waals surface area contributed by atoms with E-state index in [0.717, 1.165) is 12.1 Å². The number of hydrogen-bond donors (Lipinski definition) is 0. The van der Waals surface area contributed by atoms with Gasteiger partial charge >= 0.3 is 6.18 Å². The standard InChI is InChI=1S/C18H20F3N3O2/c1-11(2)15-22-23-16(26-15)12-6-8-24(9-7-12)17(25)13-4-3-5-14(10-13)18(19,20)21/h3-5,10-12H,6-9H2,1-2H3. The highest BCUT2D eigenvalue weighted by molar-refractivity contribution is 5.94. The summed E-state index contributed by atoms with van der Waals surface area (Å²) in [6.07, 6.45) is -3.18. The van der Waals surface area contributed by atoms with Crippen LogP contribution in [0.15, 0.2) is 28.7 Å². The van der Waals surface area contributed by atoms with Gasteiger partial charge in [-0.05, 0) is 31.0 Å². The van der Waals surface area contributed by atoms with Crippen molar-refractivity contribution in [3.05, 3.63) is 47.2 Å². The second-order valence-electron chi connectivity index (χ2n) is 6.78. The normalized spacial score (nSPS) is 16.3. The van der Waals surface area contributed by atoms with Gasteiger partial charge in [0.15, 0.2) is 0 Å². The van der Waals surface area contributed by atoms with Gasteiger partial charge in [-0.2, -0.15) is 13.2 Å².